The van der Waals surface area contributed by atoms with Crippen LogP contribution in [0.25, 0.3) is 0 Å². The van der Waals surface area contributed by atoms with E-state index in [1.54, 1.807) is 0 Å². The van der Waals surface area contributed by atoms with Crippen molar-refractivity contribution in [2.24, 2.45) is 17.8 Å². The van der Waals surface area contributed by atoms with Gasteiger partial charge >= 0.3 is 0 Å². The summed E-state index contributed by atoms with van der Waals surface area (Å²) in [5, 5.41) is 0. The number of carbonyl (C=O) groups excluding carboxylic acids is 1. The molecule has 0 aromatic rings. The average molecular weight is 142 g/mol. The van der Waals surface area contributed by atoms with Crippen LogP contribution in [0, 0.1) is 17.8 Å². The highest BCUT2D eigenvalue weighted by atomic mass is 16.1. The molecule has 60 valence electrons. The summed E-state index contributed by atoms with van der Waals surface area (Å²) in [6.45, 7) is 8.70. The molecule has 0 saturated carbocycles. The van der Waals surface area contributed by atoms with Crippen LogP contribution in [-0.4, -0.2) is 6.29 Å². The quantitative estimate of drug-likeness (QED) is 0.551. The van der Waals surface area contributed by atoms with Crippen LogP contribution in [-0.2, 0) is 4.79 Å². The molecule has 0 saturated heterocycles. The molecular weight excluding hydrogens is 124 g/mol. The van der Waals surface area contributed by atoms with Crippen molar-refractivity contribution in [3.05, 3.63) is 0 Å². The van der Waals surface area contributed by atoms with E-state index in [2.05, 4.69) is 27.7 Å². The molecule has 0 atom stereocenters. The van der Waals surface area contributed by atoms with Gasteiger partial charge in [0, 0.05) is 6.42 Å². The Morgan fingerprint density at radius 1 is 1.10 bits per heavy atom. The number of carbonyl (C=O) groups is 1. The minimum Gasteiger partial charge on any atom is -0.303 e. The van der Waals surface area contributed by atoms with Gasteiger partial charge in [0.15, 0.2) is 0 Å². The van der Waals surface area contributed by atoms with Gasteiger partial charge in [0.25, 0.3) is 0 Å². The van der Waals surface area contributed by atoms with E-state index in [0.29, 0.717) is 17.8 Å². The molecule has 0 aliphatic rings. The Hall–Kier alpha value is -0.330. The molecule has 0 spiro atoms. The van der Waals surface area contributed by atoms with Gasteiger partial charge < -0.3 is 4.79 Å². The average Bonchev–Trinajstić information content (AvgIpc) is 1.81. The maximum Gasteiger partial charge on any atom is 0.120 e. The molecule has 0 N–H and O–H groups in total. The van der Waals surface area contributed by atoms with Crippen molar-refractivity contribution in [2.75, 3.05) is 0 Å². The lowest BCUT2D eigenvalue weighted by Gasteiger charge is -2.21. The van der Waals surface area contributed by atoms with Gasteiger partial charge in [-0.15, -0.1) is 0 Å². The van der Waals surface area contributed by atoms with Crippen LogP contribution >= 0.6 is 0 Å². The molecule has 1 nitrogen and oxygen atoms in total. The summed E-state index contributed by atoms with van der Waals surface area (Å²) in [6.07, 6.45) is 1.75. The SMILES string of the molecule is CC(C)C(CC=O)C(C)C. The summed E-state index contributed by atoms with van der Waals surface area (Å²) in [5.41, 5.74) is 0. The smallest absolute Gasteiger partial charge is 0.120 e. The Labute approximate surface area is 63.8 Å². The Morgan fingerprint density at radius 3 is 1.60 bits per heavy atom. The van der Waals surface area contributed by atoms with Gasteiger partial charge in [0.05, 0.1) is 0 Å². The highest BCUT2D eigenvalue weighted by Crippen LogP contribution is 2.22. The Bertz CT molecular complexity index is 86.9. The number of rotatable bonds is 4. The van der Waals surface area contributed by atoms with Crippen molar-refractivity contribution in [2.45, 2.75) is 34.1 Å². The fraction of sp³-hybridized carbons (Fsp3) is 0.889. The molecule has 0 radical (unpaired) electrons. The van der Waals surface area contributed by atoms with Gasteiger partial charge in [-0.2, -0.15) is 0 Å². The highest BCUT2D eigenvalue weighted by Gasteiger charge is 2.15. The number of hydrogen-bond acceptors (Lipinski definition) is 1. The van der Waals surface area contributed by atoms with E-state index in [0.717, 1.165) is 12.7 Å². The third kappa shape index (κ3) is 3.00. The van der Waals surface area contributed by atoms with Crippen LogP contribution < -0.4 is 0 Å². The van der Waals surface area contributed by atoms with E-state index in [-0.39, 0.29) is 0 Å². The second-order valence-corrected chi connectivity index (χ2v) is 3.55. The molecule has 0 unspecified atom stereocenters. The molecule has 0 fully saturated rings. The standard InChI is InChI=1S/C9H18O/c1-7(2)9(5-6-10)8(3)4/h6-9H,5H2,1-4H3. The van der Waals surface area contributed by atoms with E-state index in [9.17, 15) is 4.79 Å². The van der Waals surface area contributed by atoms with Crippen molar-refractivity contribution in [3.63, 3.8) is 0 Å². The minimum atomic E-state index is 0.567. The molecule has 0 aromatic heterocycles. The summed E-state index contributed by atoms with van der Waals surface area (Å²) in [5.74, 6) is 1.83. The zero-order valence-corrected chi connectivity index (χ0v) is 7.42. The fourth-order valence-corrected chi connectivity index (χ4v) is 1.43. The van der Waals surface area contributed by atoms with E-state index >= 15 is 0 Å². The third-order valence-electron chi connectivity index (χ3n) is 2.08. The summed E-state index contributed by atoms with van der Waals surface area (Å²) >= 11 is 0. The molecule has 10 heavy (non-hydrogen) atoms. The van der Waals surface area contributed by atoms with Crippen molar-refractivity contribution < 1.29 is 4.79 Å². The number of aldehydes is 1. The molecular formula is C9H18O. The highest BCUT2D eigenvalue weighted by molar-refractivity contribution is 5.49. The second-order valence-electron chi connectivity index (χ2n) is 3.55. The van der Waals surface area contributed by atoms with Crippen LogP contribution in [0.5, 0.6) is 0 Å². The molecule has 0 amide bonds. The van der Waals surface area contributed by atoms with Gasteiger partial charge in [0.2, 0.25) is 0 Å². The van der Waals surface area contributed by atoms with Crippen LogP contribution in [0.3, 0.4) is 0 Å². The first-order valence-corrected chi connectivity index (χ1v) is 4.03. The molecule has 0 bridgehead atoms. The zero-order valence-electron chi connectivity index (χ0n) is 7.42. The Balaban J connectivity index is 3.84. The lowest BCUT2D eigenvalue weighted by Crippen LogP contribution is -2.15. The lowest BCUT2D eigenvalue weighted by molar-refractivity contribution is -0.109. The van der Waals surface area contributed by atoms with Gasteiger partial charge in [-0.05, 0) is 17.8 Å². The predicted octanol–water partition coefficient (Wildman–Crippen LogP) is 2.50. The fourth-order valence-electron chi connectivity index (χ4n) is 1.43. The van der Waals surface area contributed by atoms with Gasteiger partial charge in [0.1, 0.15) is 6.29 Å². The maximum atomic E-state index is 10.2. The van der Waals surface area contributed by atoms with E-state index in [1.807, 2.05) is 0 Å². The first kappa shape index (κ1) is 9.67. The van der Waals surface area contributed by atoms with Crippen LogP contribution in [0.1, 0.15) is 34.1 Å². The van der Waals surface area contributed by atoms with Crippen molar-refractivity contribution in [1.82, 2.24) is 0 Å². The van der Waals surface area contributed by atoms with Crippen molar-refractivity contribution in [1.29, 1.82) is 0 Å². The summed E-state index contributed by atoms with van der Waals surface area (Å²) in [7, 11) is 0. The largest absolute Gasteiger partial charge is 0.303 e. The van der Waals surface area contributed by atoms with E-state index in [1.165, 1.54) is 0 Å². The minimum absolute atomic E-state index is 0.567. The van der Waals surface area contributed by atoms with Crippen LogP contribution in [0.15, 0.2) is 0 Å². The molecule has 0 aromatic carbocycles. The van der Waals surface area contributed by atoms with E-state index < -0.39 is 0 Å². The first-order valence-electron chi connectivity index (χ1n) is 4.03. The van der Waals surface area contributed by atoms with Crippen LogP contribution in [0.2, 0.25) is 0 Å². The third-order valence-corrected chi connectivity index (χ3v) is 2.08. The van der Waals surface area contributed by atoms with Gasteiger partial charge in [-0.3, -0.25) is 0 Å². The molecule has 0 aliphatic carbocycles. The normalized spacial score (nSPS) is 11.5. The van der Waals surface area contributed by atoms with E-state index in [4.69, 9.17) is 0 Å². The van der Waals surface area contributed by atoms with Gasteiger partial charge in [-0.1, -0.05) is 27.7 Å². The summed E-state index contributed by atoms with van der Waals surface area (Å²) in [6, 6.07) is 0. The maximum absolute atomic E-state index is 10.2. The summed E-state index contributed by atoms with van der Waals surface area (Å²) < 4.78 is 0. The molecule has 0 rings (SSSR count). The topological polar surface area (TPSA) is 17.1 Å². The Morgan fingerprint density at radius 2 is 1.50 bits per heavy atom. The monoisotopic (exact) mass is 142 g/mol. The molecule has 1 heteroatoms. The predicted molar refractivity (Wildman–Crippen MR) is 43.8 cm³/mol. The Kier molecular flexibility index (Phi) is 4.33. The number of hydrogen-bond donors (Lipinski definition) is 0. The van der Waals surface area contributed by atoms with Crippen molar-refractivity contribution in [3.8, 4) is 0 Å². The molecule has 0 aliphatic heterocycles. The van der Waals surface area contributed by atoms with Gasteiger partial charge in [-0.25, -0.2) is 0 Å². The second kappa shape index (κ2) is 4.48. The summed E-state index contributed by atoms with van der Waals surface area (Å²) in [4.78, 5) is 10.2. The lowest BCUT2D eigenvalue weighted by atomic mass is 9.84. The zero-order chi connectivity index (χ0) is 8.15. The van der Waals surface area contributed by atoms with Crippen LogP contribution in [0.4, 0.5) is 0 Å². The first-order chi connectivity index (χ1) is 4.59. The molecule has 0 heterocycles. The van der Waals surface area contributed by atoms with Crippen molar-refractivity contribution >= 4 is 6.29 Å².